The molecule has 0 aliphatic heterocycles. The highest BCUT2D eigenvalue weighted by Crippen LogP contribution is 2.32. The van der Waals surface area contributed by atoms with E-state index in [2.05, 4.69) is 29.6 Å². The number of nitrogens with one attached hydrogen (secondary N) is 2. The molecule has 0 spiro atoms. The maximum atomic E-state index is 13.6. The molecule has 9 heteroatoms. The van der Waals surface area contributed by atoms with Crippen molar-refractivity contribution < 1.29 is 14.3 Å². The van der Waals surface area contributed by atoms with Gasteiger partial charge >= 0.3 is 0 Å². The fraction of sp³-hybridized carbons (Fsp3) is 0.394. The van der Waals surface area contributed by atoms with E-state index in [1.54, 1.807) is 26.4 Å². The quantitative estimate of drug-likeness (QED) is 0.277. The zero-order valence-electron chi connectivity index (χ0n) is 25.1. The van der Waals surface area contributed by atoms with Crippen LogP contribution in [0.4, 0.5) is 5.69 Å². The summed E-state index contributed by atoms with van der Waals surface area (Å²) in [5, 5.41) is 15.0. The lowest BCUT2D eigenvalue weighted by Crippen LogP contribution is -2.49. The third-order valence-corrected chi connectivity index (χ3v) is 8.47. The van der Waals surface area contributed by atoms with Gasteiger partial charge in [0, 0.05) is 30.2 Å². The molecule has 0 radical (unpaired) electrons. The highest BCUT2D eigenvalue weighted by Gasteiger charge is 2.33. The fourth-order valence-corrected chi connectivity index (χ4v) is 5.94. The zero-order valence-corrected chi connectivity index (χ0v) is 25.1. The van der Waals surface area contributed by atoms with Crippen molar-refractivity contribution >= 4 is 17.5 Å². The van der Waals surface area contributed by atoms with E-state index in [4.69, 9.17) is 9.84 Å². The Bertz CT molecular complexity index is 1530. The number of anilines is 1. The molecule has 220 valence electrons. The van der Waals surface area contributed by atoms with Crippen molar-refractivity contribution in [1.82, 2.24) is 24.9 Å². The van der Waals surface area contributed by atoms with Crippen molar-refractivity contribution in [2.75, 3.05) is 12.4 Å². The largest absolute Gasteiger partial charge is 0.497 e. The number of amides is 2. The van der Waals surface area contributed by atoms with Gasteiger partial charge in [-0.25, -0.2) is 0 Å². The first-order valence-electron chi connectivity index (χ1n) is 14.6. The summed E-state index contributed by atoms with van der Waals surface area (Å²) >= 11 is 0. The number of hydrogen-bond donors (Lipinski definition) is 2. The molecule has 1 atom stereocenters. The van der Waals surface area contributed by atoms with Crippen LogP contribution in [0.15, 0.2) is 60.8 Å². The van der Waals surface area contributed by atoms with Gasteiger partial charge in [-0.05, 0) is 80.0 Å². The number of aromatic nitrogens is 4. The summed E-state index contributed by atoms with van der Waals surface area (Å²) in [7, 11) is 3.39. The molecule has 2 aromatic carbocycles. The van der Waals surface area contributed by atoms with Crippen LogP contribution in [0.1, 0.15) is 60.0 Å². The first-order valence-corrected chi connectivity index (χ1v) is 14.6. The van der Waals surface area contributed by atoms with E-state index in [0.29, 0.717) is 23.8 Å². The summed E-state index contributed by atoms with van der Waals surface area (Å²) in [6, 6.07) is 16.9. The molecule has 1 fully saturated rings. The standard InChI is InChI=1S/C33H40N6O3/c1-21-6-10-26(11-7-21)31(36-32(40)29-18-19-34-38(29)4)33(41)35-27-14-12-25(13-15-27)30-22(2)37-39(23(30)3)20-24-8-16-28(42-5)17-9-24/h8-9,12-19,21,26,31H,6-7,10-11,20H2,1-5H3,(H,35,41)(H,36,40). The molecule has 9 nitrogen and oxygen atoms in total. The predicted octanol–water partition coefficient (Wildman–Crippen LogP) is 5.52. The van der Waals surface area contributed by atoms with Crippen LogP contribution < -0.4 is 15.4 Å². The number of carbonyl (C=O) groups excluding carboxylic acids is 2. The number of benzene rings is 2. The summed E-state index contributed by atoms with van der Waals surface area (Å²) < 4.78 is 8.81. The number of aryl methyl sites for hydroxylation is 2. The van der Waals surface area contributed by atoms with E-state index in [1.165, 1.54) is 4.68 Å². The molecule has 0 saturated heterocycles. The van der Waals surface area contributed by atoms with Crippen molar-refractivity contribution in [3.63, 3.8) is 0 Å². The Labute approximate surface area is 247 Å². The third kappa shape index (κ3) is 6.40. The molecule has 2 heterocycles. The Hall–Kier alpha value is -4.40. The smallest absolute Gasteiger partial charge is 0.270 e. The monoisotopic (exact) mass is 568 g/mol. The number of rotatable bonds is 9. The van der Waals surface area contributed by atoms with Crippen molar-refractivity contribution in [2.24, 2.45) is 18.9 Å². The molecule has 1 aliphatic carbocycles. The number of nitrogens with zero attached hydrogens (tertiary/aromatic N) is 4. The van der Waals surface area contributed by atoms with Gasteiger partial charge in [-0.1, -0.05) is 44.0 Å². The van der Waals surface area contributed by atoms with Crippen molar-refractivity contribution in [3.05, 3.63) is 83.4 Å². The average molecular weight is 569 g/mol. The first-order chi connectivity index (χ1) is 20.2. The van der Waals surface area contributed by atoms with Gasteiger partial charge in [-0.2, -0.15) is 10.2 Å². The predicted molar refractivity (Wildman–Crippen MR) is 163 cm³/mol. The lowest BCUT2D eigenvalue weighted by atomic mass is 9.79. The van der Waals surface area contributed by atoms with E-state index in [0.717, 1.165) is 59.5 Å². The minimum absolute atomic E-state index is 0.0829. The molecular formula is C33H40N6O3. The minimum atomic E-state index is -0.625. The maximum Gasteiger partial charge on any atom is 0.270 e. The van der Waals surface area contributed by atoms with Gasteiger partial charge in [0.25, 0.3) is 5.91 Å². The van der Waals surface area contributed by atoms with Crippen LogP contribution >= 0.6 is 0 Å². The molecule has 0 bridgehead atoms. The second-order valence-corrected chi connectivity index (χ2v) is 11.4. The zero-order chi connectivity index (χ0) is 29.8. The van der Waals surface area contributed by atoms with Crippen molar-refractivity contribution in [1.29, 1.82) is 0 Å². The first kappa shape index (κ1) is 29.1. The van der Waals surface area contributed by atoms with E-state index >= 15 is 0 Å². The van der Waals surface area contributed by atoms with E-state index in [9.17, 15) is 9.59 Å². The van der Waals surface area contributed by atoms with Crippen LogP contribution in [0.5, 0.6) is 5.75 Å². The van der Waals surface area contributed by atoms with Gasteiger partial charge in [0.1, 0.15) is 17.5 Å². The molecule has 2 aromatic heterocycles. The molecule has 4 aromatic rings. The normalized spacial score (nSPS) is 17.5. The van der Waals surface area contributed by atoms with Crippen LogP contribution in [-0.2, 0) is 18.4 Å². The maximum absolute atomic E-state index is 13.6. The molecular weight excluding hydrogens is 528 g/mol. The van der Waals surface area contributed by atoms with Gasteiger partial charge < -0.3 is 15.4 Å². The summed E-state index contributed by atoms with van der Waals surface area (Å²) in [6.45, 7) is 7.00. The average Bonchev–Trinajstić information content (AvgIpc) is 3.54. The SMILES string of the molecule is COc1ccc(Cn2nc(C)c(-c3ccc(NC(=O)C(NC(=O)c4ccnn4C)C4CCC(C)CC4)cc3)c2C)cc1. The Morgan fingerprint density at radius 1 is 1.00 bits per heavy atom. The van der Waals surface area contributed by atoms with Crippen LogP contribution in [0.25, 0.3) is 11.1 Å². The molecule has 2 N–H and O–H groups in total. The number of hydrogen-bond acceptors (Lipinski definition) is 5. The van der Waals surface area contributed by atoms with E-state index in [-0.39, 0.29) is 17.7 Å². The molecule has 1 saturated carbocycles. The fourth-order valence-electron chi connectivity index (χ4n) is 5.94. The summed E-state index contributed by atoms with van der Waals surface area (Å²) in [5.41, 5.74) is 6.40. The highest BCUT2D eigenvalue weighted by atomic mass is 16.5. The van der Waals surface area contributed by atoms with Crippen LogP contribution in [0, 0.1) is 25.7 Å². The summed E-state index contributed by atoms with van der Waals surface area (Å²) in [5.74, 6) is 1.06. The summed E-state index contributed by atoms with van der Waals surface area (Å²) in [6.07, 6.45) is 5.50. The molecule has 1 unspecified atom stereocenters. The van der Waals surface area contributed by atoms with Crippen LogP contribution in [0.3, 0.4) is 0 Å². The lowest BCUT2D eigenvalue weighted by molar-refractivity contribution is -0.119. The Morgan fingerprint density at radius 2 is 1.69 bits per heavy atom. The van der Waals surface area contributed by atoms with Crippen LogP contribution in [0.2, 0.25) is 0 Å². The highest BCUT2D eigenvalue weighted by molar-refractivity contribution is 6.00. The number of carbonyl (C=O) groups is 2. The Morgan fingerprint density at radius 3 is 2.31 bits per heavy atom. The van der Waals surface area contributed by atoms with E-state index < -0.39 is 6.04 Å². The second-order valence-electron chi connectivity index (χ2n) is 11.4. The molecule has 2 amide bonds. The third-order valence-electron chi connectivity index (χ3n) is 8.47. The molecule has 42 heavy (non-hydrogen) atoms. The Kier molecular flexibility index (Phi) is 8.75. The molecule has 5 rings (SSSR count). The van der Waals surface area contributed by atoms with Gasteiger partial charge in [0.05, 0.1) is 19.3 Å². The van der Waals surface area contributed by atoms with Crippen LogP contribution in [-0.4, -0.2) is 44.5 Å². The number of methoxy groups -OCH3 is 1. The second kappa shape index (κ2) is 12.6. The molecule has 1 aliphatic rings. The number of ether oxygens (including phenoxy) is 1. The summed E-state index contributed by atoms with van der Waals surface area (Å²) in [4.78, 5) is 26.6. The van der Waals surface area contributed by atoms with Gasteiger partial charge in [-0.15, -0.1) is 0 Å². The topological polar surface area (TPSA) is 103 Å². The van der Waals surface area contributed by atoms with Gasteiger partial charge in [0.2, 0.25) is 5.91 Å². The van der Waals surface area contributed by atoms with Gasteiger partial charge in [-0.3, -0.25) is 19.0 Å². The van der Waals surface area contributed by atoms with Crippen molar-refractivity contribution in [3.8, 4) is 16.9 Å². The van der Waals surface area contributed by atoms with Crippen molar-refractivity contribution in [2.45, 2.75) is 59.0 Å². The van der Waals surface area contributed by atoms with E-state index in [1.807, 2.05) is 60.1 Å². The lowest BCUT2D eigenvalue weighted by Gasteiger charge is -2.32. The van der Waals surface area contributed by atoms with Gasteiger partial charge in [0.15, 0.2) is 0 Å². The minimum Gasteiger partial charge on any atom is -0.497 e. The Balaban J connectivity index is 1.30.